The van der Waals surface area contributed by atoms with Gasteiger partial charge in [-0.15, -0.1) is 11.3 Å². The second-order valence-electron chi connectivity index (χ2n) is 13.0. The number of nitrogens with zero attached hydrogens (tertiary/aromatic N) is 1. The van der Waals surface area contributed by atoms with E-state index >= 15 is 0 Å². The number of rotatable bonds is 2. The quantitative estimate of drug-likeness (QED) is 0.176. The van der Waals surface area contributed by atoms with Crippen LogP contribution in [0.3, 0.4) is 0 Å². The van der Waals surface area contributed by atoms with Gasteiger partial charge in [-0.25, -0.2) is 0 Å². The van der Waals surface area contributed by atoms with Gasteiger partial charge in [-0.05, 0) is 108 Å². The van der Waals surface area contributed by atoms with E-state index in [1.807, 2.05) is 11.3 Å². The molecule has 1 aliphatic carbocycles. The smallest absolute Gasteiger partial charge is 0.0544 e. The molecule has 1 aliphatic rings. The number of aromatic nitrogens is 1. The van der Waals surface area contributed by atoms with Crippen LogP contribution in [0, 0.1) is 0 Å². The van der Waals surface area contributed by atoms with Gasteiger partial charge in [-0.2, -0.15) is 0 Å². The highest BCUT2D eigenvalue weighted by molar-refractivity contribution is 7.13. The normalized spacial score (nSPS) is 13.7. The first kappa shape index (κ1) is 25.2. The third-order valence-corrected chi connectivity index (χ3v) is 11.2. The summed E-state index contributed by atoms with van der Waals surface area (Å²) in [6.45, 7) is 4.78. The molecule has 0 aliphatic heterocycles. The maximum Gasteiger partial charge on any atom is 0.0544 e. The molecule has 2 aromatic heterocycles. The summed E-state index contributed by atoms with van der Waals surface area (Å²) in [6, 6.07) is 50.0. The Kier molecular flexibility index (Phi) is 5.00. The van der Waals surface area contributed by atoms with Crippen molar-refractivity contribution in [2.75, 3.05) is 0 Å². The third kappa shape index (κ3) is 3.38. The van der Waals surface area contributed by atoms with Crippen LogP contribution in [0.25, 0.3) is 81.4 Å². The summed E-state index contributed by atoms with van der Waals surface area (Å²) in [5.74, 6) is 0. The molecule has 212 valence electrons. The van der Waals surface area contributed by atoms with Gasteiger partial charge in [0, 0.05) is 26.8 Å². The monoisotopic (exact) mass is 591 g/mol. The van der Waals surface area contributed by atoms with Crippen LogP contribution in [0.5, 0.6) is 0 Å². The van der Waals surface area contributed by atoms with Crippen LogP contribution >= 0.6 is 11.3 Å². The molecule has 0 saturated heterocycles. The summed E-state index contributed by atoms with van der Waals surface area (Å²) in [5.41, 5.74) is 10.4. The van der Waals surface area contributed by atoms with Crippen molar-refractivity contribution in [3.05, 3.63) is 150 Å². The number of fused-ring (bicyclic) bond motifs is 12. The standard InChI is InChI=1S/C43H29NS/c1-43(2)38-22-26(42-16-9-21-45-42)17-19-33(38)36-24-37-34-14-7-8-15-40(34)44(41(37)25-39(36)43)27-18-20-32-30-12-4-3-10-28(30)29-11-5-6-13-31(29)35(32)23-27/h3-25H,1-2H3. The van der Waals surface area contributed by atoms with E-state index in [0.29, 0.717) is 0 Å². The average molecular weight is 592 g/mol. The number of hydrogen-bond acceptors (Lipinski definition) is 1. The maximum atomic E-state index is 2.49. The molecule has 9 aromatic rings. The lowest BCUT2D eigenvalue weighted by molar-refractivity contribution is 0.661. The second-order valence-corrected chi connectivity index (χ2v) is 13.9. The molecule has 0 spiro atoms. The Bertz CT molecular complexity index is 2630. The van der Waals surface area contributed by atoms with Gasteiger partial charge in [0.1, 0.15) is 0 Å². The Morgan fingerprint density at radius 2 is 1.11 bits per heavy atom. The topological polar surface area (TPSA) is 4.93 Å². The highest BCUT2D eigenvalue weighted by Crippen LogP contribution is 2.52. The van der Waals surface area contributed by atoms with Crippen LogP contribution in [0.4, 0.5) is 0 Å². The molecule has 10 rings (SSSR count). The number of para-hydroxylation sites is 1. The lowest BCUT2D eigenvalue weighted by Crippen LogP contribution is -2.15. The van der Waals surface area contributed by atoms with Crippen molar-refractivity contribution in [1.82, 2.24) is 4.57 Å². The van der Waals surface area contributed by atoms with Crippen molar-refractivity contribution in [2.45, 2.75) is 19.3 Å². The van der Waals surface area contributed by atoms with E-state index in [0.717, 1.165) is 0 Å². The van der Waals surface area contributed by atoms with Crippen LogP contribution in [0.1, 0.15) is 25.0 Å². The fourth-order valence-corrected chi connectivity index (χ4v) is 8.83. The second kappa shape index (κ2) is 8.94. The molecule has 7 aromatic carbocycles. The summed E-state index contributed by atoms with van der Waals surface area (Å²) in [6.07, 6.45) is 0. The molecule has 2 heteroatoms. The summed E-state index contributed by atoms with van der Waals surface area (Å²) in [7, 11) is 0. The van der Waals surface area contributed by atoms with Crippen molar-refractivity contribution in [3.8, 4) is 27.3 Å². The fraction of sp³-hybridized carbons (Fsp3) is 0.0698. The van der Waals surface area contributed by atoms with Gasteiger partial charge < -0.3 is 4.57 Å². The highest BCUT2D eigenvalue weighted by atomic mass is 32.1. The van der Waals surface area contributed by atoms with Crippen LogP contribution in [-0.2, 0) is 5.41 Å². The molecule has 0 amide bonds. The Labute approximate surface area is 265 Å². The maximum absolute atomic E-state index is 2.49. The molecule has 0 bridgehead atoms. The largest absolute Gasteiger partial charge is 0.309 e. The zero-order chi connectivity index (χ0) is 29.9. The molecule has 2 heterocycles. The Morgan fingerprint density at radius 3 is 1.82 bits per heavy atom. The van der Waals surface area contributed by atoms with Gasteiger partial charge in [-0.3, -0.25) is 0 Å². The van der Waals surface area contributed by atoms with Gasteiger partial charge in [0.25, 0.3) is 0 Å². The first-order valence-electron chi connectivity index (χ1n) is 15.7. The zero-order valence-electron chi connectivity index (χ0n) is 25.1. The molecule has 0 saturated carbocycles. The number of benzene rings is 7. The molecular weight excluding hydrogens is 563 g/mol. The fourth-order valence-electron chi connectivity index (χ4n) is 8.11. The molecule has 1 nitrogen and oxygen atoms in total. The molecule has 0 fully saturated rings. The number of hydrogen-bond donors (Lipinski definition) is 0. The minimum Gasteiger partial charge on any atom is -0.309 e. The first-order chi connectivity index (χ1) is 22.1. The molecule has 45 heavy (non-hydrogen) atoms. The average Bonchev–Trinajstić information content (AvgIpc) is 3.79. The molecule has 0 N–H and O–H groups in total. The van der Waals surface area contributed by atoms with Crippen molar-refractivity contribution in [3.63, 3.8) is 0 Å². The van der Waals surface area contributed by atoms with Crippen molar-refractivity contribution in [1.29, 1.82) is 0 Å². The first-order valence-corrected chi connectivity index (χ1v) is 16.6. The van der Waals surface area contributed by atoms with E-state index in [9.17, 15) is 0 Å². The lowest BCUT2D eigenvalue weighted by atomic mass is 9.81. The zero-order valence-corrected chi connectivity index (χ0v) is 26.0. The third-order valence-electron chi connectivity index (χ3n) is 10.3. The molecule has 0 unspecified atom stereocenters. The van der Waals surface area contributed by atoms with Crippen molar-refractivity contribution in [2.24, 2.45) is 0 Å². The molecular formula is C43H29NS. The summed E-state index contributed by atoms with van der Waals surface area (Å²) in [5, 5.41) is 12.6. The Balaban J connectivity index is 1.26. The van der Waals surface area contributed by atoms with Gasteiger partial charge in [-0.1, -0.05) is 105 Å². The van der Waals surface area contributed by atoms with Crippen molar-refractivity contribution < 1.29 is 0 Å². The minimum absolute atomic E-state index is 0.105. The Hall–Kier alpha value is -5.18. The predicted octanol–water partition coefficient (Wildman–Crippen LogP) is 12.3. The van der Waals surface area contributed by atoms with E-state index in [1.165, 1.54) is 92.5 Å². The van der Waals surface area contributed by atoms with E-state index in [2.05, 4.69) is 157 Å². The minimum atomic E-state index is -0.105. The van der Waals surface area contributed by atoms with Gasteiger partial charge in [0.05, 0.1) is 11.0 Å². The predicted molar refractivity (Wildman–Crippen MR) is 194 cm³/mol. The molecule has 0 radical (unpaired) electrons. The highest BCUT2D eigenvalue weighted by Gasteiger charge is 2.36. The van der Waals surface area contributed by atoms with Gasteiger partial charge in [0.15, 0.2) is 0 Å². The lowest BCUT2D eigenvalue weighted by Gasteiger charge is -2.22. The summed E-state index contributed by atoms with van der Waals surface area (Å²) < 4.78 is 2.49. The Morgan fingerprint density at radius 1 is 0.467 bits per heavy atom. The van der Waals surface area contributed by atoms with Gasteiger partial charge >= 0.3 is 0 Å². The van der Waals surface area contributed by atoms with E-state index in [1.54, 1.807) is 0 Å². The summed E-state index contributed by atoms with van der Waals surface area (Å²) in [4.78, 5) is 1.32. The van der Waals surface area contributed by atoms with Gasteiger partial charge in [0.2, 0.25) is 0 Å². The SMILES string of the molecule is CC1(C)c2cc(-c3cccs3)ccc2-c2cc3c4ccccc4n(-c4ccc5c6ccccc6c6ccccc6c5c4)c3cc21. The van der Waals surface area contributed by atoms with E-state index in [4.69, 9.17) is 0 Å². The summed E-state index contributed by atoms with van der Waals surface area (Å²) >= 11 is 1.81. The number of thiophene rings is 1. The van der Waals surface area contributed by atoms with Crippen LogP contribution in [0.15, 0.2) is 139 Å². The van der Waals surface area contributed by atoms with Crippen LogP contribution in [0.2, 0.25) is 0 Å². The van der Waals surface area contributed by atoms with E-state index in [-0.39, 0.29) is 5.41 Å². The van der Waals surface area contributed by atoms with Crippen molar-refractivity contribution >= 4 is 65.5 Å². The molecule has 0 atom stereocenters. The van der Waals surface area contributed by atoms with Crippen LogP contribution < -0.4 is 0 Å². The van der Waals surface area contributed by atoms with E-state index < -0.39 is 0 Å². The van der Waals surface area contributed by atoms with Crippen LogP contribution in [-0.4, -0.2) is 4.57 Å².